The minimum Gasteiger partial charge on any atom is -0.322 e. The lowest BCUT2D eigenvalue weighted by Crippen LogP contribution is -2.14. The molecule has 2 aromatic carbocycles. The van der Waals surface area contributed by atoms with E-state index in [4.69, 9.17) is 11.6 Å². The summed E-state index contributed by atoms with van der Waals surface area (Å²) >= 11 is 5.73. The first-order chi connectivity index (χ1) is 10.4. The lowest BCUT2D eigenvalue weighted by atomic mass is 10.1. The van der Waals surface area contributed by atoms with Gasteiger partial charge in [-0.05, 0) is 35.9 Å². The van der Waals surface area contributed by atoms with E-state index in [0.29, 0.717) is 10.6 Å². The van der Waals surface area contributed by atoms with E-state index < -0.39 is 17.6 Å². The molecule has 0 spiro atoms. The predicted molar refractivity (Wildman–Crippen MR) is 80.6 cm³/mol. The van der Waals surface area contributed by atoms with Gasteiger partial charge in [0.25, 0.3) is 0 Å². The fourth-order valence-electron chi connectivity index (χ4n) is 1.76. The second-order valence-electron chi connectivity index (χ2n) is 4.42. The monoisotopic (exact) mass is 325 g/mol. The Bertz CT molecular complexity index is 693. The molecular weight excluding hydrogens is 315 g/mol. The van der Waals surface area contributed by atoms with E-state index in [0.717, 1.165) is 12.1 Å². The van der Waals surface area contributed by atoms with Crippen molar-refractivity contribution in [2.45, 2.75) is 6.18 Å². The highest BCUT2D eigenvalue weighted by molar-refractivity contribution is 6.30. The highest BCUT2D eigenvalue weighted by Crippen LogP contribution is 2.34. The molecule has 2 rings (SSSR count). The van der Waals surface area contributed by atoms with Gasteiger partial charge in [0.15, 0.2) is 0 Å². The summed E-state index contributed by atoms with van der Waals surface area (Å²) in [6, 6.07) is 11.5. The van der Waals surface area contributed by atoms with Crippen LogP contribution in [-0.4, -0.2) is 5.91 Å². The molecule has 0 bridgehead atoms. The Morgan fingerprint density at radius 1 is 1.05 bits per heavy atom. The van der Waals surface area contributed by atoms with Gasteiger partial charge in [-0.25, -0.2) is 0 Å². The SMILES string of the molecule is O=C(/C=C/c1ccc(Cl)cc1)Nc1ccccc1C(F)(F)F. The minimum atomic E-state index is -4.52. The number of anilines is 1. The van der Waals surface area contributed by atoms with E-state index in [2.05, 4.69) is 5.32 Å². The van der Waals surface area contributed by atoms with Gasteiger partial charge in [-0.3, -0.25) is 4.79 Å². The number of hydrogen-bond acceptors (Lipinski definition) is 1. The standard InChI is InChI=1S/C16H11ClF3NO/c17-12-8-5-11(6-9-12)7-10-15(22)21-14-4-2-1-3-13(14)16(18,19)20/h1-10H,(H,21,22)/b10-7+. The molecule has 22 heavy (non-hydrogen) atoms. The molecule has 0 heterocycles. The Balaban J connectivity index is 2.11. The van der Waals surface area contributed by atoms with Crippen LogP contribution in [0.3, 0.4) is 0 Å². The van der Waals surface area contributed by atoms with Gasteiger partial charge in [0.05, 0.1) is 11.3 Å². The Hall–Kier alpha value is -2.27. The second kappa shape index (κ2) is 6.66. The molecule has 0 saturated carbocycles. The van der Waals surface area contributed by atoms with Crippen molar-refractivity contribution in [3.63, 3.8) is 0 Å². The van der Waals surface area contributed by atoms with Crippen LogP contribution in [-0.2, 0) is 11.0 Å². The number of carbonyl (C=O) groups excluding carboxylic acids is 1. The fourth-order valence-corrected chi connectivity index (χ4v) is 1.89. The number of alkyl halides is 3. The van der Waals surface area contributed by atoms with Gasteiger partial charge < -0.3 is 5.32 Å². The average Bonchev–Trinajstić information content (AvgIpc) is 2.46. The van der Waals surface area contributed by atoms with Gasteiger partial charge in [0.1, 0.15) is 0 Å². The number of para-hydroxylation sites is 1. The Morgan fingerprint density at radius 3 is 2.32 bits per heavy atom. The van der Waals surface area contributed by atoms with Crippen LogP contribution in [0.5, 0.6) is 0 Å². The first kappa shape index (κ1) is 16.1. The molecule has 0 atom stereocenters. The summed E-state index contributed by atoms with van der Waals surface area (Å²) in [5, 5.41) is 2.78. The average molecular weight is 326 g/mol. The summed E-state index contributed by atoms with van der Waals surface area (Å²) < 4.78 is 38.4. The highest BCUT2D eigenvalue weighted by atomic mass is 35.5. The molecule has 6 heteroatoms. The molecule has 0 fully saturated rings. The summed E-state index contributed by atoms with van der Waals surface area (Å²) in [5.74, 6) is -0.647. The molecule has 2 nitrogen and oxygen atoms in total. The summed E-state index contributed by atoms with van der Waals surface area (Å²) in [4.78, 5) is 11.7. The molecule has 1 amide bonds. The minimum absolute atomic E-state index is 0.277. The van der Waals surface area contributed by atoms with Crippen LogP contribution >= 0.6 is 11.6 Å². The van der Waals surface area contributed by atoms with E-state index in [1.54, 1.807) is 24.3 Å². The van der Waals surface area contributed by atoms with Crippen LogP contribution < -0.4 is 5.32 Å². The zero-order valence-corrected chi connectivity index (χ0v) is 11.9. The van der Waals surface area contributed by atoms with E-state index in [-0.39, 0.29) is 5.69 Å². The lowest BCUT2D eigenvalue weighted by molar-refractivity contribution is -0.136. The third-order valence-electron chi connectivity index (χ3n) is 2.79. The Morgan fingerprint density at radius 2 is 1.68 bits per heavy atom. The zero-order valence-electron chi connectivity index (χ0n) is 11.2. The van der Waals surface area contributed by atoms with E-state index in [1.807, 2.05) is 0 Å². The van der Waals surface area contributed by atoms with Crippen molar-refractivity contribution in [2.75, 3.05) is 5.32 Å². The number of rotatable bonds is 3. The van der Waals surface area contributed by atoms with Gasteiger partial charge in [-0.15, -0.1) is 0 Å². The summed E-state index contributed by atoms with van der Waals surface area (Å²) in [5.41, 5.74) is -0.451. The third-order valence-corrected chi connectivity index (χ3v) is 3.04. The van der Waals surface area contributed by atoms with Gasteiger partial charge in [0, 0.05) is 11.1 Å². The number of benzene rings is 2. The smallest absolute Gasteiger partial charge is 0.322 e. The molecule has 114 valence electrons. The summed E-state index contributed by atoms with van der Waals surface area (Å²) in [6.07, 6.45) is -1.87. The van der Waals surface area contributed by atoms with Crippen LogP contribution in [0, 0.1) is 0 Å². The van der Waals surface area contributed by atoms with Crippen molar-refractivity contribution in [3.8, 4) is 0 Å². The Labute approximate surface area is 130 Å². The van der Waals surface area contributed by atoms with Crippen molar-refractivity contribution in [1.82, 2.24) is 0 Å². The number of hydrogen-bond donors (Lipinski definition) is 1. The Kier molecular flexibility index (Phi) is 4.88. The molecule has 0 unspecified atom stereocenters. The van der Waals surface area contributed by atoms with Gasteiger partial charge >= 0.3 is 6.18 Å². The van der Waals surface area contributed by atoms with Crippen molar-refractivity contribution in [3.05, 3.63) is 70.8 Å². The van der Waals surface area contributed by atoms with Crippen molar-refractivity contribution < 1.29 is 18.0 Å². The third kappa shape index (κ3) is 4.36. The molecule has 0 aliphatic rings. The summed E-state index contributed by atoms with van der Waals surface area (Å²) in [6.45, 7) is 0. The zero-order chi connectivity index (χ0) is 16.2. The quantitative estimate of drug-likeness (QED) is 0.790. The fraction of sp³-hybridized carbons (Fsp3) is 0.0625. The molecule has 0 aliphatic carbocycles. The molecule has 2 aromatic rings. The van der Waals surface area contributed by atoms with Crippen molar-refractivity contribution in [1.29, 1.82) is 0 Å². The van der Waals surface area contributed by atoms with Crippen LogP contribution in [0.25, 0.3) is 6.08 Å². The topological polar surface area (TPSA) is 29.1 Å². The van der Waals surface area contributed by atoms with Gasteiger partial charge in [-0.1, -0.05) is 35.9 Å². The first-order valence-corrected chi connectivity index (χ1v) is 6.65. The van der Waals surface area contributed by atoms with Crippen molar-refractivity contribution >= 4 is 29.3 Å². The molecule has 0 saturated heterocycles. The van der Waals surface area contributed by atoms with Crippen LogP contribution in [0.4, 0.5) is 18.9 Å². The number of carbonyl (C=O) groups is 1. The summed E-state index contributed by atoms with van der Waals surface area (Å²) in [7, 11) is 0. The lowest BCUT2D eigenvalue weighted by Gasteiger charge is -2.12. The molecule has 1 N–H and O–H groups in total. The molecular formula is C16H11ClF3NO. The predicted octanol–water partition coefficient (Wildman–Crippen LogP) is 5.01. The normalized spacial score (nSPS) is 11.6. The second-order valence-corrected chi connectivity index (χ2v) is 4.85. The van der Waals surface area contributed by atoms with Gasteiger partial charge in [-0.2, -0.15) is 13.2 Å². The largest absolute Gasteiger partial charge is 0.418 e. The van der Waals surface area contributed by atoms with Crippen LogP contribution in [0.2, 0.25) is 5.02 Å². The van der Waals surface area contributed by atoms with E-state index in [1.165, 1.54) is 24.3 Å². The number of nitrogens with one attached hydrogen (secondary N) is 1. The maximum absolute atomic E-state index is 12.8. The van der Waals surface area contributed by atoms with E-state index in [9.17, 15) is 18.0 Å². The van der Waals surface area contributed by atoms with Gasteiger partial charge in [0.2, 0.25) is 5.91 Å². The van der Waals surface area contributed by atoms with E-state index >= 15 is 0 Å². The maximum Gasteiger partial charge on any atom is 0.418 e. The first-order valence-electron chi connectivity index (χ1n) is 6.27. The maximum atomic E-state index is 12.8. The van der Waals surface area contributed by atoms with Crippen LogP contribution in [0.1, 0.15) is 11.1 Å². The molecule has 0 aliphatic heterocycles. The number of amides is 1. The van der Waals surface area contributed by atoms with Crippen molar-refractivity contribution in [2.24, 2.45) is 0 Å². The number of halogens is 4. The van der Waals surface area contributed by atoms with Crippen LogP contribution in [0.15, 0.2) is 54.6 Å². The molecule has 0 radical (unpaired) electrons. The highest BCUT2D eigenvalue weighted by Gasteiger charge is 2.33. The molecule has 0 aromatic heterocycles.